The molecule has 1 heterocycles. The largest absolute Gasteiger partial charge is 0.497 e. The number of ether oxygens (including phenoxy) is 1. The summed E-state index contributed by atoms with van der Waals surface area (Å²) in [6.45, 7) is 2.06. The van der Waals surface area contributed by atoms with Crippen LogP contribution in [0, 0.1) is 0 Å². The van der Waals surface area contributed by atoms with Gasteiger partial charge in [-0.05, 0) is 31.5 Å². The number of amides is 1. The molecule has 2 rings (SSSR count). The topological polar surface area (TPSA) is 67.6 Å². The van der Waals surface area contributed by atoms with Crippen molar-refractivity contribution in [3.8, 4) is 5.75 Å². The maximum atomic E-state index is 12.1. The summed E-state index contributed by atoms with van der Waals surface area (Å²) in [4.78, 5) is 14.2. The van der Waals surface area contributed by atoms with E-state index in [0.717, 1.165) is 30.9 Å². The standard InChI is InChI=1S/C14H21N3O2/c1-19-12-5-2-4-11(10-12)17-9-3-8-16-14(18)13(17)6-7-15/h2,4-5,10,13H,3,6-9,15H2,1H3,(H,16,18). The van der Waals surface area contributed by atoms with Crippen LogP contribution in [0.5, 0.6) is 5.75 Å². The summed E-state index contributed by atoms with van der Waals surface area (Å²) in [5, 5.41) is 2.94. The van der Waals surface area contributed by atoms with E-state index >= 15 is 0 Å². The summed E-state index contributed by atoms with van der Waals surface area (Å²) in [5.74, 6) is 0.861. The zero-order chi connectivity index (χ0) is 13.7. The van der Waals surface area contributed by atoms with Gasteiger partial charge in [0.2, 0.25) is 5.91 Å². The van der Waals surface area contributed by atoms with Crippen LogP contribution in [0.15, 0.2) is 24.3 Å². The van der Waals surface area contributed by atoms with Crippen molar-refractivity contribution in [2.45, 2.75) is 18.9 Å². The zero-order valence-corrected chi connectivity index (χ0v) is 11.3. The van der Waals surface area contributed by atoms with E-state index in [1.807, 2.05) is 24.3 Å². The number of carbonyl (C=O) groups is 1. The van der Waals surface area contributed by atoms with E-state index in [1.54, 1.807) is 7.11 Å². The number of nitrogens with one attached hydrogen (secondary N) is 1. The Bertz CT molecular complexity index is 436. The molecule has 19 heavy (non-hydrogen) atoms. The number of carbonyl (C=O) groups excluding carboxylic acids is 1. The van der Waals surface area contributed by atoms with Gasteiger partial charge in [-0.1, -0.05) is 6.07 Å². The molecular weight excluding hydrogens is 242 g/mol. The van der Waals surface area contributed by atoms with Crippen molar-refractivity contribution in [3.63, 3.8) is 0 Å². The van der Waals surface area contributed by atoms with E-state index in [1.165, 1.54) is 0 Å². The Kier molecular flexibility index (Phi) is 4.63. The number of hydrogen-bond donors (Lipinski definition) is 2. The molecule has 1 unspecified atom stereocenters. The molecule has 3 N–H and O–H groups in total. The van der Waals surface area contributed by atoms with E-state index in [-0.39, 0.29) is 11.9 Å². The molecule has 0 aromatic heterocycles. The first-order valence-electron chi connectivity index (χ1n) is 6.64. The SMILES string of the molecule is COc1cccc(N2CCCNC(=O)C2CCN)c1. The van der Waals surface area contributed by atoms with Crippen molar-refractivity contribution >= 4 is 11.6 Å². The van der Waals surface area contributed by atoms with Crippen molar-refractivity contribution in [2.75, 3.05) is 31.6 Å². The van der Waals surface area contributed by atoms with Gasteiger partial charge in [-0.2, -0.15) is 0 Å². The highest BCUT2D eigenvalue weighted by molar-refractivity contribution is 5.85. The van der Waals surface area contributed by atoms with Crippen LogP contribution in [-0.2, 0) is 4.79 Å². The fourth-order valence-corrected chi connectivity index (χ4v) is 2.42. The van der Waals surface area contributed by atoms with Crippen molar-refractivity contribution in [1.82, 2.24) is 5.32 Å². The zero-order valence-electron chi connectivity index (χ0n) is 11.3. The number of methoxy groups -OCH3 is 1. The third kappa shape index (κ3) is 3.17. The van der Waals surface area contributed by atoms with Crippen molar-refractivity contribution in [2.24, 2.45) is 5.73 Å². The molecule has 1 saturated heterocycles. The second kappa shape index (κ2) is 6.43. The van der Waals surface area contributed by atoms with Crippen LogP contribution in [-0.4, -0.2) is 38.7 Å². The Morgan fingerprint density at radius 3 is 3.11 bits per heavy atom. The maximum Gasteiger partial charge on any atom is 0.242 e. The van der Waals surface area contributed by atoms with Crippen molar-refractivity contribution in [1.29, 1.82) is 0 Å². The van der Waals surface area contributed by atoms with E-state index in [4.69, 9.17) is 10.5 Å². The number of rotatable bonds is 4. The lowest BCUT2D eigenvalue weighted by molar-refractivity contribution is -0.122. The Morgan fingerprint density at radius 2 is 2.37 bits per heavy atom. The molecule has 0 aliphatic carbocycles. The summed E-state index contributed by atoms with van der Waals surface area (Å²) >= 11 is 0. The van der Waals surface area contributed by atoms with E-state index in [9.17, 15) is 4.79 Å². The van der Waals surface area contributed by atoms with Gasteiger partial charge in [0.05, 0.1) is 7.11 Å². The lowest BCUT2D eigenvalue weighted by Crippen LogP contribution is -2.45. The van der Waals surface area contributed by atoms with Crippen LogP contribution in [0.2, 0.25) is 0 Å². The maximum absolute atomic E-state index is 12.1. The number of anilines is 1. The highest BCUT2D eigenvalue weighted by Gasteiger charge is 2.27. The Morgan fingerprint density at radius 1 is 1.53 bits per heavy atom. The molecule has 5 heteroatoms. The van der Waals surface area contributed by atoms with Crippen molar-refractivity contribution in [3.05, 3.63) is 24.3 Å². The molecule has 0 spiro atoms. The molecule has 1 amide bonds. The molecule has 1 aliphatic rings. The van der Waals surface area contributed by atoms with Crippen LogP contribution >= 0.6 is 0 Å². The monoisotopic (exact) mass is 263 g/mol. The molecule has 5 nitrogen and oxygen atoms in total. The van der Waals surface area contributed by atoms with Crippen LogP contribution in [0.4, 0.5) is 5.69 Å². The van der Waals surface area contributed by atoms with Gasteiger partial charge in [0.1, 0.15) is 11.8 Å². The summed E-state index contributed by atoms with van der Waals surface area (Å²) < 4.78 is 5.25. The van der Waals surface area contributed by atoms with Gasteiger partial charge in [-0.25, -0.2) is 0 Å². The first-order valence-corrected chi connectivity index (χ1v) is 6.64. The molecule has 104 valence electrons. The molecule has 0 radical (unpaired) electrons. The minimum atomic E-state index is -0.195. The molecule has 1 aromatic carbocycles. The lowest BCUT2D eigenvalue weighted by atomic mass is 10.1. The van der Waals surface area contributed by atoms with Gasteiger partial charge in [-0.15, -0.1) is 0 Å². The predicted molar refractivity (Wildman–Crippen MR) is 75.4 cm³/mol. The minimum absolute atomic E-state index is 0.0609. The normalized spacial score (nSPS) is 19.8. The number of benzene rings is 1. The molecule has 1 aliphatic heterocycles. The minimum Gasteiger partial charge on any atom is -0.497 e. The second-order valence-electron chi connectivity index (χ2n) is 4.63. The fraction of sp³-hybridized carbons (Fsp3) is 0.500. The van der Waals surface area contributed by atoms with Gasteiger partial charge in [0.15, 0.2) is 0 Å². The van der Waals surface area contributed by atoms with Gasteiger partial charge < -0.3 is 20.7 Å². The third-order valence-electron chi connectivity index (χ3n) is 3.38. The third-order valence-corrected chi connectivity index (χ3v) is 3.38. The quantitative estimate of drug-likeness (QED) is 0.841. The number of nitrogens with two attached hydrogens (primary N) is 1. The van der Waals surface area contributed by atoms with E-state index in [0.29, 0.717) is 13.0 Å². The van der Waals surface area contributed by atoms with Gasteiger partial charge in [0, 0.05) is 24.8 Å². The highest BCUT2D eigenvalue weighted by Crippen LogP contribution is 2.24. The Hall–Kier alpha value is -1.75. The molecule has 1 fully saturated rings. The molecule has 0 saturated carbocycles. The summed E-state index contributed by atoms with van der Waals surface area (Å²) in [6, 6.07) is 7.61. The van der Waals surface area contributed by atoms with Gasteiger partial charge >= 0.3 is 0 Å². The van der Waals surface area contributed by atoms with E-state index < -0.39 is 0 Å². The predicted octanol–water partition coefficient (Wildman–Crippen LogP) is 0.739. The molecular formula is C14H21N3O2. The van der Waals surface area contributed by atoms with Gasteiger partial charge in [0.25, 0.3) is 0 Å². The summed E-state index contributed by atoms with van der Waals surface area (Å²) in [7, 11) is 1.64. The first kappa shape index (κ1) is 13.7. The second-order valence-corrected chi connectivity index (χ2v) is 4.63. The first-order chi connectivity index (χ1) is 9.26. The molecule has 1 aromatic rings. The average molecular weight is 263 g/mol. The van der Waals surface area contributed by atoms with Crippen LogP contribution in [0.25, 0.3) is 0 Å². The lowest BCUT2D eigenvalue weighted by Gasteiger charge is -2.30. The van der Waals surface area contributed by atoms with Crippen molar-refractivity contribution < 1.29 is 9.53 Å². The Labute approximate surface area is 113 Å². The average Bonchev–Trinajstić information content (AvgIpc) is 2.62. The molecule has 1 atom stereocenters. The fourth-order valence-electron chi connectivity index (χ4n) is 2.42. The van der Waals surface area contributed by atoms with Crippen LogP contribution in [0.1, 0.15) is 12.8 Å². The Balaban J connectivity index is 2.28. The van der Waals surface area contributed by atoms with Crippen LogP contribution < -0.4 is 20.7 Å². The number of nitrogens with zero attached hydrogens (tertiary/aromatic N) is 1. The number of hydrogen-bond acceptors (Lipinski definition) is 4. The smallest absolute Gasteiger partial charge is 0.242 e. The summed E-state index contributed by atoms with van der Waals surface area (Å²) in [6.07, 6.45) is 1.59. The van der Waals surface area contributed by atoms with Crippen LogP contribution in [0.3, 0.4) is 0 Å². The van der Waals surface area contributed by atoms with E-state index in [2.05, 4.69) is 10.2 Å². The van der Waals surface area contributed by atoms with Gasteiger partial charge in [-0.3, -0.25) is 4.79 Å². The summed E-state index contributed by atoms with van der Waals surface area (Å²) in [5.41, 5.74) is 6.65. The highest BCUT2D eigenvalue weighted by atomic mass is 16.5. The molecule has 0 bridgehead atoms.